The first-order valence-electron chi connectivity index (χ1n) is 22.2. The third kappa shape index (κ3) is 6.95. The van der Waals surface area contributed by atoms with E-state index in [1.165, 1.54) is 0 Å². The first-order chi connectivity index (χ1) is 31.2. The van der Waals surface area contributed by atoms with E-state index in [1.807, 2.05) is 36.5 Å². The maximum atomic E-state index is 13.6. The summed E-state index contributed by atoms with van der Waals surface area (Å²) in [6.07, 6.45) is 3.97. The van der Waals surface area contributed by atoms with Crippen molar-refractivity contribution in [3.63, 3.8) is 0 Å². The lowest BCUT2D eigenvalue weighted by Crippen LogP contribution is -2.68. The van der Waals surface area contributed by atoms with Crippen LogP contribution in [0.15, 0.2) is 53.6 Å². The second-order valence-corrected chi connectivity index (χ2v) is 18.7. The number of pyridine rings is 2. The number of hydrogen-bond acceptors (Lipinski definition) is 13. The number of carbonyl (C=O) groups is 5. The van der Waals surface area contributed by atoms with Crippen LogP contribution in [0.4, 0.5) is 16.3 Å². The number of nitrogens with zero attached hydrogens (tertiary/aromatic N) is 8. The molecule has 4 aromatic rings. The average Bonchev–Trinajstić information content (AvgIpc) is 3.57. The number of aliphatic carboxylic acids is 1. The summed E-state index contributed by atoms with van der Waals surface area (Å²) in [5, 5.41) is 21.2. The molecule has 8 heterocycles. The Kier molecular flexibility index (Phi) is 10.4. The smallest absolute Gasteiger partial charge is 0.421 e. The molecule has 0 aliphatic carbocycles. The first kappa shape index (κ1) is 42.4. The van der Waals surface area contributed by atoms with Gasteiger partial charge in [-0.3, -0.25) is 24.1 Å². The average molecular weight is 889 g/mol. The molecule has 0 saturated carbocycles. The van der Waals surface area contributed by atoms with Crippen LogP contribution in [0.1, 0.15) is 53.6 Å². The van der Waals surface area contributed by atoms with Gasteiger partial charge in [-0.2, -0.15) is 4.90 Å². The van der Waals surface area contributed by atoms with Gasteiger partial charge in [-0.25, -0.2) is 14.6 Å². The minimum atomic E-state index is -2.50. The number of carboxylic acids is 1. The number of piperidine rings is 2. The molecule has 6 aliphatic rings. The van der Waals surface area contributed by atoms with Crippen molar-refractivity contribution >= 4 is 52.1 Å². The molecule has 5 saturated heterocycles. The molecule has 2 aromatic carbocycles. The highest BCUT2D eigenvalue weighted by atomic mass is 16.5. The number of carboxylic acid groups (broad SMARTS) is 2. The van der Waals surface area contributed by atoms with Gasteiger partial charge in [0.25, 0.3) is 17.4 Å². The Morgan fingerprint density at radius 3 is 2.18 bits per heavy atom. The highest BCUT2D eigenvalue weighted by Crippen LogP contribution is 2.45. The SMILES string of the molecule is COc1cc(-c2cn(C)c(=O)c3cnc(N4CCC4)cc23)cc(OC)c1CN1CC(CN2CCC3(CC2)CN(c2ccc4c(c2)CN(C2(C(=O)O)CCC(=O)N(C(=O)O)C2=O)C4=O)C3)C1. The Hall–Kier alpha value is -6.53. The van der Waals surface area contributed by atoms with Gasteiger partial charge < -0.3 is 43.9 Å². The van der Waals surface area contributed by atoms with Gasteiger partial charge >= 0.3 is 12.1 Å². The van der Waals surface area contributed by atoms with Crippen LogP contribution in [0.5, 0.6) is 11.5 Å². The van der Waals surface area contributed by atoms with E-state index in [1.54, 1.807) is 38.1 Å². The standard InChI is InChI=1S/C47H52N8O10/c1-49-24-35(33-18-39(52-11-4-12-52)48-19-34(33)41(49)57)29-16-37(64-2)36(38(17-29)65-3)25-51-21-28(22-51)20-50-13-9-46(10-14-50)26-53(27-46)31-5-6-32-30(15-31)23-54(42(32)58)47(44(60)61)8-7-40(56)55(43(47)59)45(62)63/h5-6,15-19,24,28H,4,7-14,20-23,25-27H2,1-3H3,(H,60,61)(H,62,63). The van der Waals surface area contributed by atoms with Gasteiger partial charge in [0.2, 0.25) is 11.4 Å². The van der Waals surface area contributed by atoms with Crippen molar-refractivity contribution in [2.24, 2.45) is 18.4 Å². The topological polar surface area (TPSA) is 199 Å². The third-order valence-electron chi connectivity index (χ3n) is 14.8. The highest BCUT2D eigenvalue weighted by Gasteiger charge is 2.61. The number of anilines is 2. The van der Waals surface area contributed by atoms with E-state index < -0.39 is 48.2 Å². The zero-order chi connectivity index (χ0) is 45.5. The van der Waals surface area contributed by atoms with Crippen molar-refractivity contribution in [1.29, 1.82) is 0 Å². The number of hydrogen-bond donors (Lipinski definition) is 2. The number of methoxy groups -OCH3 is 2. The fourth-order valence-electron chi connectivity index (χ4n) is 11.0. The van der Waals surface area contributed by atoms with Gasteiger partial charge in [-0.05, 0) is 92.2 Å². The zero-order valence-corrected chi connectivity index (χ0v) is 36.7. The van der Waals surface area contributed by atoms with Crippen LogP contribution in [0.3, 0.4) is 0 Å². The number of benzene rings is 2. The minimum absolute atomic E-state index is 0.0798. The molecule has 340 valence electrons. The molecule has 2 N–H and O–H groups in total. The Bertz CT molecular complexity index is 2710. The quantitative estimate of drug-likeness (QED) is 0.164. The Labute approximate surface area is 374 Å². The van der Waals surface area contributed by atoms with Crippen molar-refractivity contribution in [2.75, 3.05) is 82.9 Å². The van der Waals surface area contributed by atoms with E-state index >= 15 is 0 Å². The highest BCUT2D eigenvalue weighted by molar-refractivity contribution is 6.22. The van der Waals surface area contributed by atoms with Crippen molar-refractivity contribution in [3.05, 3.63) is 75.8 Å². The summed E-state index contributed by atoms with van der Waals surface area (Å²) in [7, 11) is 5.13. The van der Waals surface area contributed by atoms with Crippen LogP contribution in [0.2, 0.25) is 0 Å². The van der Waals surface area contributed by atoms with E-state index in [0.717, 1.165) is 128 Å². The maximum absolute atomic E-state index is 13.6. The van der Waals surface area contributed by atoms with E-state index in [4.69, 9.17) is 9.47 Å². The van der Waals surface area contributed by atoms with Crippen LogP contribution in [0, 0.1) is 11.3 Å². The van der Waals surface area contributed by atoms with Crippen LogP contribution < -0.4 is 24.8 Å². The number of aromatic nitrogens is 2. The van der Waals surface area contributed by atoms with Crippen molar-refractivity contribution in [3.8, 4) is 22.6 Å². The molecular weight excluding hydrogens is 837 g/mol. The predicted octanol–water partition coefficient (Wildman–Crippen LogP) is 3.47. The lowest BCUT2D eigenvalue weighted by atomic mass is 9.71. The Morgan fingerprint density at radius 1 is 0.846 bits per heavy atom. The largest absolute Gasteiger partial charge is 0.496 e. The fourth-order valence-corrected chi connectivity index (χ4v) is 11.0. The molecule has 1 atom stereocenters. The fraction of sp³-hybridized carbons (Fsp3) is 0.468. The predicted molar refractivity (Wildman–Crippen MR) is 237 cm³/mol. The van der Waals surface area contributed by atoms with Crippen molar-refractivity contribution < 1.29 is 43.7 Å². The summed E-state index contributed by atoms with van der Waals surface area (Å²) in [5.74, 6) is -1.90. The molecule has 0 radical (unpaired) electrons. The summed E-state index contributed by atoms with van der Waals surface area (Å²) in [6, 6.07) is 11.5. The van der Waals surface area contributed by atoms with Gasteiger partial charge in [-0.15, -0.1) is 0 Å². The summed E-state index contributed by atoms with van der Waals surface area (Å²) in [4.78, 5) is 91.5. The summed E-state index contributed by atoms with van der Waals surface area (Å²) < 4.78 is 13.6. The normalized spacial score (nSPS) is 22.2. The Morgan fingerprint density at radius 2 is 1.55 bits per heavy atom. The van der Waals surface area contributed by atoms with Crippen molar-refractivity contribution in [2.45, 2.75) is 50.7 Å². The molecule has 5 fully saturated rings. The second kappa shape index (κ2) is 15.9. The van der Waals surface area contributed by atoms with Gasteiger partial charge in [0.05, 0.1) is 25.2 Å². The number of amides is 4. The maximum Gasteiger partial charge on any atom is 0.421 e. The van der Waals surface area contributed by atoms with E-state index in [0.29, 0.717) is 23.4 Å². The van der Waals surface area contributed by atoms with Gasteiger partial charge in [0, 0.05) is 112 Å². The zero-order valence-electron chi connectivity index (χ0n) is 36.7. The number of aryl methyl sites for hydroxylation is 1. The lowest BCUT2D eigenvalue weighted by molar-refractivity contribution is -0.167. The second-order valence-electron chi connectivity index (χ2n) is 18.7. The Balaban J connectivity index is 0.739. The number of imide groups is 3. The molecule has 65 heavy (non-hydrogen) atoms. The van der Waals surface area contributed by atoms with Gasteiger partial charge in [0.1, 0.15) is 17.3 Å². The van der Waals surface area contributed by atoms with Crippen LogP contribution in [0.25, 0.3) is 21.9 Å². The monoisotopic (exact) mass is 888 g/mol. The summed E-state index contributed by atoms with van der Waals surface area (Å²) in [5.41, 5.74) is 2.12. The number of rotatable bonds is 11. The van der Waals surface area contributed by atoms with E-state index in [2.05, 4.69) is 24.6 Å². The molecule has 4 amide bonds. The number of fused-ring (bicyclic) bond motifs is 2. The molecular formula is C47H52N8O10. The molecule has 1 unspecified atom stereocenters. The molecule has 18 heteroatoms. The van der Waals surface area contributed by atoms with Crippen LogP contribution in [-0.4, -0.2) is 148 Å². The molecule has 2 aromatic heterocycles. The summed E-state index contributed by atoms with van der Waals surface area (Å²) >= 11 is 0. The van der Waals surface area contributed by atoms with Crippen LogP contribution in [-0.2, 0) is 34.5 Å². The van der Waals surface area contributed by atoms with E-state index in [9.17, 15) is 39.0 Å². The lowest BCUT2D eigenvalue weighted by Gasteiger charge is -2.55. The third-order valence-corrected chi connectivity index (χ3v) is 14.8. The molecule has 6 aliphatic heterocycles. The van der Waals surface area contributed by atoms with E-state index in [-0.39, 0.29) is 28.0 Å². The number of ether oxygens (including phenoxy) is 2. The first-order valence-corrected chi connectivity index (χ1v) is 22.2. The molecule has 1 spiro atoms. The van der Waals surface area contributed by atoms with Gasteiger partial charge in [-0.1, -0.05) is 0 Å². The van der Waals surface area contributed by atoms with Gasteiger partial charge in [0.15, 0.2) is 0 Å². The molecule has 0 bridgehead atoms. The van der Waals surface area contributed by atoms with Crippen LogP contribution >= 0.6 is 0 Å². The number of carbonyl (C=O) groups excluding carboxylic acids is 3. The number of likely N-dealkylation sites (tertiary alicyclic amines) is 3. The summed E-state index contributed by atoms with van der Waals surface area (Å²) in [6.45, 7) is 9.14. The minimum Gasteiger partial charge on any atom is -0.496 e. The van der Waals surface area contributed by atoms with Crippen molar-refractivity contribution in [1.82, 2.24) is 29.2 Å². The molecule has 10 rings (SSSR count). The molecule has 18 nitrogen and oxygen atoms in total.